The zero-order valence-electron chi connectivity index (χ0n) is 13.0. The number of rotatable bonds is 5. The average Bonchev–Trinajstić information content (AvgIpc) is 2.53. The second kappa shape index (κ2) is 6.39. The fourth-order valence-electron chi connectivity index (χ4n) is 2.17. The summed E-state index contributed by atoms with van der Waals surface area (Å²) in [6.45, 7) is 0. The first kappa shape index (κ1) is 17.0. The van der Waals surface area contributed by atoms with E-state index >= 15 is 0 Å². The zero-order valence-corrected chi connectivity index (χ0v) is 13.8. The van der Waals surface area contributed by atoms with E-state index in [2.05, 4.69) is 0 Å². The molecule has 0 atom stereocenters. The van der Waals surface area contributed by atoms with Crippen molar-refractivity contribution in [2.45, 2.75) is 4.90 Å². The van der Waals surface area contributed by atoms with Gasteiger partial charge in [0, 0.05) is 19.7 Å². The third-order valence-corrected chi connectivity index (χ3v) is 5.22. The predicted octanol–water partition coefficient (Wildman–Crippen LogP) is 2.31. The van der Waals surface area contributed by atoms with E-state index in [1.807, 2.05) is 0 Å². The van der Waals surface area contributed by atoms with Crippen molar-refractivity contribution in [2.75, 3.05) is 21.2 Å². The number of benzene rings is 2. The van der Waals surface area contributed by atoms with Crippen LogP contribution in [-0.4, -0.2) is 45.0 Å². The molecular weight excluding hydrogens is 318 g/mol. The molecule has 0 aliphatic rings. The minimum atomic E-state index is -3.51. The van der Waals surface area contributed by atoms with E-state index in [-0.39, 0.29) is 16.2 Å². The Morgan fingerprint density at radius 1 is 1.09 bits per heavy atom. The molecule has 2 aromatic rings. The molecule has 0 fully saturated rings. The average molecular weight is 335 g/mol. The number of aromatic carboxylic acids is 1. The lowest BCUT2D eigenvalue weighted by molar-refractivity contribution is 0.0693. The van der Waals surface area contributed by atoms with Gasteiger partial charge in [0.2, 0.25) is 10.0 Å². The highest BCUT2D eigenvalue weighted by molar-refractivity contribution is 7.89. The lowest BCUT2D eigenvalue weighted by atomic mass is 10.0. The topological polar surface area (TPSA) is 83.9 Å². The van der Waals surface area contributed by atoms with Gasteiger partial charge >= 0.3 is 5.97 Å². The van der Waals surface area contributed by atoms with Crippen LogP contribution in [0.4, 0.5) is 0 Å². The molecule has 0 aliphatic heterocycles. The molecule has 0 unspecified atom stereocenters. The zero-order chi connectivity index (χ0) is 17.2. The number of hydrogen-bond donors (Lipinski definition) is 1. The SMILES string of the molecule is COc1c(C(=O)O)cccc1-c1ccc(S(=O)(=O)N(C)C)cc1. The van der Waals surface area contributed by atoms with Gasteiger partial charge < -0.3 is 9.84 Å². The summed E-state index contributed by atoms with van der Waals surface area (Å²) in [5.74, 6) is -0.848. The summed E-state index contributed by atoms with van der Waals surface area (Å²) in [6, 6.07) is 11.0. The highest BCUT2D eigenvalue weighted by Gasteiger charge is 2.19. The smallest absolute Gasteiger partial charge is 0.339 e. The minimum absolute atomic E-state index is 0.0509. The van der Waals surface area contributed by atoms with Crippen LogP contribution >= 0.6 is 0 Å². The number of methoxy groups -OCH3 is 1. The largest absolute Gasteiger partial charge is 0.495 e. The lowest BCUT2D eigenvalue weighted by Gasteiger charge is -2.13. The maximum absolute atomic E-state index is 12.1. The number of sulfonamides is 1. The van der Waals surface area contributed by atoms with Gasteiger partial charge in [-0.3, -0.25) is 0 Å². The molecule has 0 aliphatic carbocycles. The van der Waals surface area contributed by atoms with Crippen molar-refractivity contribution < 1.29 is 23.1 Å². The maximum Gasteiger partial charge on any atom is 0.339 e. The Hall–Kier alpha value is -2.38. The standard InChI is InChI=1S/C16H17NO5S/c1-17(2)23(20,21)12-9-7-11(8-10-12)13-5-4-6-14(16(18)19)15(13)22-3/h4-10H,1-3H3,(H,18,19). The van der Waals surface area contributed by atoms with Crippen LogP contribution in [0.15, 0.2) is 47.4 Å². The molecule has 2 aromatic carbocycles. The Morgan fingerprint density at radius 2 is 1.70 bits per heavy atom. The summed E-state index contributed by atoms with van der Waals surface area (Å²) in [6.07, 6.45) is 0. The summed E-state index contributed by atoms with van der Waals surface area (Å²) in [5.41, 5.74) is 1.30. The molecule has 0 spiro atoms. The second-order valence-corrected chi connectivity index (χ2v) is 7.16. The summed E-state index contributed by atoms with van der Waals surface area (Å²) < 4.78 is 30.5. The van der Waals surface area contributed by atoms with E-state index in [0.717, 1.165) is 4.31 Å². The fraction of sp³-hybridized carbons (Fsp3) is 0.188. The molecule has 0 amide bonds. The van der Waals surface area contributed by atoms with Gasteiger partial charge in [-0.1, -0.05) is 24.3 Å². The van der Waals surface area contributed by atoms with Gasteiger partial charge in [0.25, 0.3) is 0 Å². The Bertz CT molecular complexity index is 826. The molecule has 0 bridgehead atoms. The highest BCUT2D eigenvalue weighted by Crippen LogP contribution is 2.33. The number of carbonyl (C=O) groups is 1. The molecule has 122 valence electrons. The van der Waals surface area contributed by atoms with E-state index < -0.39 is 16.0 Å². The van der Waals surface area contributed by atoms with Gasteiger partial charge in [-0.2, -0.15) is 0 Å². The molecule has 1 N–H and O–H groups in total. The summed E-state index contributed by atoms with van der Waals surface area (Å²) >= 11 is 0. The lowest BCUT2D eigenvalue weighted by Crippen LogP contribution is -2.22. The normalized spacial score (nSPS) is 11.5. The maximum atomic E-state index is 12.1. The third-order valence-electron chi connectivity index (χ3n) is 3.39. The van der Waals surface area contributed by atoms with Crippen molar-refractivity contribution in [3.63, 3.8) is 0 Å². The van der Waals surface area contributed by atoms with Crippen molar-refractivity contribution in [1.29, 1.82) is 0 Å². The van der Waals surface area contributed by atoms with Crippen LogP contribution in [-0.2, 0) is 10.0 Å². The first-order valence-electron chi connectivity index (χ1n) is 6.72. The Kier molecular flexibility index (Phi) is 4.72. The number of carboxylic acid groups (broad SMARTS) is 1. The first-order valence-corrected chi connectivity index (χ1v) is 8.16. The van der Waals surface area contributed by atoms with E-state index in [4.69, 9.17) is 4.74 Å². The Balaban J connectivity index is 2.53. The monoisotopic (exact) mass is 335 g/mol. The molecular formula is C16H17NO5S. The van der Waals surface area contributed by atoms with Gasteiger partial charge in [-0.15, -0.1) is 0 Å². The molecule has 2 rings (SSSR count). The summed E-state index contributed by atoms with van der Waals surface area (Å²) in [7, 11) is 0.816. The molecule has 0 radical (unpaired) electrons. The molecule has 23 heavy (non-hydrogen) atoms. The Labute approximate surface area is 135 Å². The number of ether oxygens (including phenoxy) is 1. The quantitative estimate of drug-likeness (QED) is 0.906. The van der Waals surface area contributed by atoms with Crippen molar-refractivity contribution in [1.82, 2.24) is 4.31 Å². The second-order valence-electron chi connectivity index (χ2n) is 5.00. The van der Waals surface area contributed by atoms with Gasteiger partial charge in [0.15, 0.2) is 0 Å². The van der Waals surface area contributed by atoms with E-state index in [0.29, 0.717) is 11.1 Å². The Morgan fingerprint density at radius 3 is 2.17 bits per heavy atom. The van der Waals surface area contributed by atoms with E-state index in [9.17, 15) is 18.3 Å². The van der Waals surface area contributed by atoms with E-state index in [1.54, 1.807) is 24.3 Å². The van der Waals surface area contributed by atoms with Crippen molar-refractivity contribution in [3.05, 3.63) is 48.0 Å². The van der Waals surface area contributed by atoms with Crippen molar-refractivity contribution >= 4 is 16.0 Å². The summed E-state index contributed by atoms with van der Waals surface area (Å²) in [4.78, 5) is 11.4. The van der Waals surface area contributed by atoms with Gasteiger partial charge in [0.05, 0.1) is 12.0 Å². The van der Waals surface area contributed by atoms with Crippen LogP contribution in [0.25, 0.3) is 11.1 Å². The van der Waals surface area contributed by atoms with Gasteiger partial charge in [-0.05, 0) is 23.8 Å². The minimum Gasteiger partial charge on any atom is -0.495 e. The van der Waals surface area contributed by atoms with Crippen LogP contribution < -0.4 is 4.74 Å². The van der Waals surface area contributed by atoms with Gasteiger partial charge in [-0.25, -0.2) is 17.5 Å². The van der Waals surface area contributed by atoms with Crippen molar-refractivity contribution in [3.8, 4) is 16.9 Å². The number of carboxylic acids is 1. The summed E-state index contributed by atoms with van der Waals surface area (Å²) in [5, 5.41) is 9.22. The predicted molar refractivity (Wildman–Crippen MR) is 86.3 cm³/mol. The first-order chi connectivity index (χ1) is 10.8. The fourth-order valence-corrected chi connectivity index (χ4v) is 3.07. The highest BCUT2D eigenvalue weighted by atomic mass is 32.2. The van der Waals surface area contributed by atoms with Crippen LogP contribution in [0, 0.1) is 0 Å². The number of para-hydroxylation sites is 1. The molecule has 0 saturated carbocycles. The van der Waals surface area contributed by atoms with Crippen LogP contribution in [0.2, 0.25) is 0 Å². The number of nitrogens with zero attached hydrogens (tertiary/aromatic N) is 1. The number of hydrogen-bond acceptors (Lipinski definition) is 4. The molecule has 0 saturated heterocycles. The molecule has 0 aromatic heterocycles. The molecule has 6 nitrogen and oxygen atoms in total. The van der Waals surface area contributed by atoms with E-state index in [1.165, 1.54) is 39.4 Å². The third kappa shape index (κ3) is 3.20. The van der Waals surface area contributed by atoms with Crippen LogP contribution in [0.3, 0.4) is 0 Å². The molecule has 7 heteroatoms. The van der Waals surface area contributed by atoms with Crippen LogP contribution in [0.1, 0.15) is 10.4 Å². The van der Waals surface area contributed by atoms with Crippen molar-refractivity contribution in [2.24, 2.45) is 0 Å². The van der Waals surface area contributed by atoms with Crippen LogP contribution in [0.5, 0.6) is 5.75 Å². The van der Waals surface area contributed by atoms with Gasteiger partial charge in [0.1, 0.15) is 11.3 Å². The molecule has 0 heterocycles.